The molecule has 1 heterocycles. The summed E-state index contributed by atoms with van der Waals surface area (Å²) in [5, 5.41) is 0. The van der Waals surface area contributed by atoms with Crippen LogP contribution in [0, 0.1) is 11.8 Å². The van der Waals surface area contributed by atoms with Gasteiger partial charge in [0.1, 0.15) is 0 Å². The number of nitrogens with zero attached hydrogens (tertiary/aromatic N) is 2. The van der Waals surface area contributed by atoms with Crippen molar-refractivity contribution in [3.05, 3.63) is 18.2 Å². The minimum absolute atomic E-state index is 0.124. The van der Waals surface area contributed by atoms with Crippen LogP contribution in [0.5, 0.6) is 0 Å². The van der Waals surface area contributed by atoms with E-state index in [0.29, 0.717) is 5.92 Å². The first-order chi connectivity index (χ1) is 9.50. The van der Waals surface area contributed by atoms with Crippen molar-refractivity contribution in [2.75, 3.05) is 0 Å². The van der Waals surface area contributed by atoms with Gasteiger partial charge in [0, 0.05) is 18.8 Å². The van der Waals surface area contributed by atoms with E-state index in [9.17, 15) is 0 Å². The average molecular weight is 279 g/mol. The van der Waals surface area contributed by atoms with Crippen molar-refractivity contribution in [1.29, 1.82) is 0 Å². The maximum absolute atomic E-state index is 6.27. The molecule has 0 aliphatic carbocycles. The lowest BCUT2D eigenvalue weighted by molar-refractivity contribution is 0.469. The maximum atomic E-state index is 6.27. The third-order valence-corrected chi connectivity index (χ3v) is 3.78. The summed E-state index contributed by atoms with van der Waals surface area (Å²) in [5.41, 5.74) is 7.46. The van der Waals surface area contributed by atoms with E-state index in [-0.39, 0.29) is 6.04 Å². The van der Waals surface area contributed by atoms with Crippen LogP contribution in [0.2, 0.25) is 0 Å². The number of unbranched alkanes of at least 4 members (excludes halogenated alkanes) is 3. The lowest BCUT2D eigenvalue weighted by Crippen LogP contribution is -2.17. The summed E-state index contributed by atoms with van der Waals surface area (Å²) in [6, 6.07) is 0.124. The molecule has 1 aromatic rings. The van der Waals surface area contributed by atoms with Crippen molar-refractivity contribution in [2.24, 2.45) is 17.6 Å². The van der Waals surface area contributed by atoms with Gasteiger partial charge in [-0.1, -0.05) is 53.4 Å². The van der Waals surface area contributed by atoms with Crippen molar-refractivity contribution >= 4 is 0 Å². The Morgan fingerprint density at radius 2 is 1.75 bits per heavy atom. The van der Waals surface area contributed by atoms with Crippen LogP contribution in [0.15, 0.2) is 12.5 Å². The topological polar surface area (TPSA) is 43.8 Å². The fraction of sp³-hybridized carbons (Fsp3) is 0.824. The van der Waals surface area contributed by atoms with Crippen molar-refractivity contribution in [3.8, 4) is 0 Å². The molecule has 1 aromatic heterocycles. The molecular formula is C17H33N3. The first kappa shape index (κ1) is 17.2. The molecule has 0 radical (unpaired) electrons. The second kappa shape index (κ2) is 9.17. The number of nitrogens with two attached hydrogens (primary N) is 1. The van der Waals surface area contributed by atoms with E-state index in [0.717, 1.165) is 18.9 Å². The zero-order valence-corrected chi connectivity index (χ0v) is 13.8. The Labute approximate surface area is 125 Å². The molecule has 3 nitrogen and oxygen atoms in total. The summed E-state index contributed by atoms with van der Waals surface area (Å²) in [7, 11) is 0. The normalized spacial score (nSPS) is 13.3. The summed E-state index contributed by atoms with van der Waals surface area (Å²) in [4.78, 5) is 4.27. The van der Waals surface area contributed by atoms with Crippen LogP contribution in [-0.4, -0.2) is 9.55 Å². The molecule has 116 valence electrons. The van der Waals surface area contributed by atoms with Gasteiger partial charge in [-0.15, -0.1) is 0 Å². The van der Waals surface area contributed by atoms with E-state index in [2.05, 4.69) is 37.2 Å². The number of hydrogen-bond donors (Lipinski definition) is 1. The summed E-state index contributed by atoms with van der Waals surface area (Å²) < 4.78 is 2.25. The Bertz CT molecular complexity index is 355. The number of rotatable bonds is 10. The molecule has 1 unspecified atom stereocenters. The van der Waals surface area contributed by atoms with E-state index in [1.54, 1.807) is 0 Å². The van der Waals surface area contributed by atoms with Crippen LogP contribution in [0.25, 0.3) is 0 Å². The fourth-order valence-corrected chi connectivity index (χ4v) is 2.64. The Morgan fingerprint density at radius 3 is 2.40 bits per heavy atom. The van der Waals surface area contributed by atoms with Gasteiger partial charge in [0.25, 0.3) is 0 Å². The smallest absolute Gasteiger partial charge is 0.0948 e. The van der Waals surface area contributed by atoms with Crippen LogP contribution >= 0.6 is 0 Å². The van der Waals surface area contributed by atoms with Crippen molar-refractivity contribution in [3.63, 3.8) is 0 Å². The van der Waals surface area contributed by atoms with Crippen LogP contribution in [-0.2, 0) is 6.54 Å². The molecule has 0 aliphatic rings. The van der Waals surface area contributed by atoms with Crippen molar-refractivity contribution in [1.82, 2.24) is 9.55 Å². The van der Waals surface area contributed by atoms with Crippen molar-refractivity contribution in [2.45, 2.75) is 78.8 Å². The van der Waals surface area contributed by atoms with Gasteiger partial charge in [-0.05, 0) is 24.7 Å². The Morgan fingerprint density at radius 1 is 1.05 bits per heavy atom. The van der Waals surface area contributed by atoms with E-state index >= 15 is 0 Å². The molecule has 0 saturated heterocycles. The maximum Gasteiger partial charge on any atom is 0.0948 e. The molecule has 0 amide bonds. The minimum Gasteiger partial charge on any atom is -0.333 e. The Kier molecular flexibility index (Phi) is 7.90. The summed E-state index contributed by atoms with van der Waals surface area (Å²) in [6.07, 6.45) is 11.5. The van der Waals surface area contributed by atoms with E-state index in [1.165, 1.54) is 37.8 Å². The minimum atomic E-state index is 0.124. The molecule has 0 aromatic carbocycles. The zero-order chi connectivity index (χ0) is 15.0. The third kappa shape index (κ3) is 6.56. The third-order valence-electron chi connectivity index (χ3n) is 3.78. The first-order valence-corrected chi connectivity index (χ1v) is 8.26. The highest BCUT2D eigenvalue weighted by atomic mass is 15.1. The highest BCUT2D eigenvalue weighted by Gasteiger charge is 2.12. The molecule has 0 aliphatic heterocycles. The summed E-state index contributed by atoms with van der Waals surface area (Å²) >= 11 is 0. The summed E-state index contributed by atoms with van der Waals surface area (Å²) in [6.45, 7) is 10.1. The van der Waals surface area contributed by atoms with Crippen molar-refractivity contribution < 1.29 is 0 Å². The Hall–Kier alpha value is -0.830. The lowest BCUT2D eigenvalue weighted by atomic mass is 10.0. The van der Waals surface area contributed by atoms with Gasteiger partial charge in [-0.25, -0.2) is 4.98 Å². The molecule has 0 saturated carbocycles. The average Bonchev–Trinajstić information content (AvgIpc) is 2.80. The second-order valence-corrected chi connectivity index (χ2v) is 6.84. The molecule has 0 fully saturated rings. The molecule has 2 N–H and O–H groups in total. The van der Waals surface area contributed by atoms with Gasteiger partial charge in [0.05, 0.1) is 12.0 Å². The zero-order valence-electron chi connectivity index (χ0n) is 13.8. The molecule has 20 heavy (non-hydrogen) atoms. The molecule has 0 bridgehead atoms. The van der Waals surface area contributed by atoms with Gasteiger partial charge in [-0.3, -0.25) is 0 Å². The predicted octanol–water partition coefficient (Wildman–Crippen LogP) is 4.54. The van der Waals surface area contributed by atoms with Gasteiger partial charge in [0.2, 0.25) is 0 Å². The van der Waals surface area contributed by atoms with Gasteiger partial charge in [0.15, 0.2) is 0 Å². The van der Waals surface area contributed by atoms with Gasteiger partial charge < -0.3 is 10.3 Å². The van der Waals surface area contributed by atoms with Crippen LogP contribution in [0.3, 0.4) is 0 Å². The van der Waals surface area contributed by atoms with Gasteiger partial charge in [-0.2, -0.15) is 0 Å². The molecular weight excluding hydrogens is 246 g/mol. The number of hydrogen-bond acceptors (Lipinski definition) is 2. The molecule has 1 rings (SSSR count). The first-order valence-electron chi connectivity index (χ1n) is 8.26. The molecule has 3 heteroatoms. The summed E-state index contributed by atoms with van der Waals surface area (Å²) in [5.74, 6) is 1.47. The molecule has 0 spiro atoms. The van der Waals surface area contributed by atoms with E-state index in [4.69, 9.17) is 5.73 Å². The fourth-order valence-electron chi connectivity index (χ4n) is 2.64. The van der Waals surface area contributed by atoms with Crippen LogP contribution < -0.4 is 5.73 Å². The number of aryl methyl sites for hydroxylation is 1. The van der Waals surface area contributed by atoms with Gasteiger partial charge >= 0.3 is 0 Å². The Balaban J connectivity index is 2.29. The SMILES string of the molecule is CC(C)CCCCCCn1cncc1C(N)CC(C)C. The number of imidazole rings is 1. The predicted molar refractivity (Wildman–Crippen MR) is 86.5 cm³/mol. The highest BCUT2D eigenvalue weighted by Crippen LogP contribution is 2.19. The van der Waals surface area contributed by atoms with E-state index in [1.807, 2.05) is 12.5 Å². The van der Waals surface area contributed by atoms with Crippen LogP contribution in [0.4, 0.5) is 0 Å². The van der Waals surface area contributed by atoms with Crippen LogP contribution in [0.1, 0.15) is 78.0 Å². The monoisotopic (exact) mass is 279 g/mol. The largest absolute Gasteiger partial charge is 0.333 e. The van der Waals surface area contributed by atoms with E-state index < -0.39 is 0 Å². The number of aromatic nitrogens is 2. The molecule has 1 atom stereocenters. The quantitative estimate of drug-likeness (QED) is 0.639. The standard InChI is InChI=1S/C17H33N3/c1-14(2)9-7-5-6-8-10-20-13-19-12-17(20)16(18)11-15(3)4/h12-16H,5-11,18H2,1-4H3. The lowest BCUT2D eigenvalue weighted by Gasteiger charge is -2.16. The second-order valence-electron chi connectivity index (χ2n) is 6.84. The highest BCUT2D eigenvalue weighted by molar-refractivity contribution is 5.04.